The third-order valence-electron chi connectivity index (χ3n) is 9.53. The van der Waals surface area contributed by atoms with Gasteiger partial charge in [0.25, 0.3) is 5.91 Å². The van der Waals surface area contributed by atoms with Crippen molar-refractivity contribution in [2.45, 2.75) is 57.9 Å². The molecule has 6 rings (SSSR count). The van der Waals surface area contributed by atoms with Crippen molar-refractivity contribution in [3.8, 4) is 0 Å². The van der Waals surface area contributed by atoms with Crippen molar-refractivity contribution in [1.82, 2.24) is 4.90 Å². The van der Waals surface area contributed by atoms with Crippen molar-refractivity contribution >= 4 is 29.1 Å². The van der Waals surface area contributed by atoms with Gasteiger partial charge in [-0.25, -0.2) is 0 Å². The summed E-state index contributed by atoms with van der Waals surface area (Å²) in [5.74, 6) is -2.78. The van der Waals surface area contributed by atoms with Crippen LogP contribution in [-0.4, -0.2) is 70.7 Å². The second kappa shape index (κ2) is 10.2. The largest absolute Gasteiger partial charge is 0.394 e. The van der Waals surface area contributed by atoms with Gasteiger partial charge in [0.2, 0.25) is 11.8 Å². The lowest BCUT2D eigenvalue weighted by Gasteiger charge is -2.41. The van der Waals surface area contributed by atoms with Gasteiger partial charge >= 0.3 is 0 Å². The Balaban J connectivity index is 1.52. The highest BCUT2D eigenvalue weighted by Crippen LogP contribution is 2.58. The summed E-state index contributed by atoms with van der Waals surface area (Å²) in [6.07, 6.45) is 7.55. The number of carbonyl (C=O) groups is 3. The fourth-order valence-electron chi connectivity index (χ4n) is 7.50. The molecule has 4 heterocycles. The minimum absolute atomic E-state index is 0.138. The average Bonchev–Trinajstić information content (AvgIpc) is 3.22. The Morgan fingerprint density at radius 3 is 2.29 bits per heavy atom. The first-order valence-electron chi connectivity index (χ1n) is 14.8. The van der Waals surface area contributed by atoms with Gasteiger partial charge in [-0.2, -0.15) is 0 Å². The number of ether oxygens (including phenoxy) is 1. The molecule has 220 valence electrons. The molecule has 4 aliphatic rings. The molecule has 3 amide bonds. The topological polar surface area (TPSA) is 90.4 Å². The minimum Gasteiger partial charge on any atom is -0.394 e. The van der Waals surface area contributed by atoms with Gasteiger partial charge in [-0.05, 0) is 56.0 Å². The van der Waals surface area contributed by atoms with Crippen LogP contribution in [0, 0.1) is 31.6 Å². The zero-order chi connectivity index (χ0) is 30.0. The summed E-state index contributed by atoms with van der Waals surface area (Å²) in [5, 5.41) is 10.6. The van der Waals surface area contributed by atoms with Crippen LogP contribution in [0.25, 0.3) is 0 Å². The molecule has 2 aromatic rings. The van der Waals surface area contributed by atoms with Crippen LogP contribution in [0.1, 0.15) is 31.9 Å². The third kappa shape index (κ3) is 4.07. The van der Waals surface area contributed by atoms with Crippen LogP contribution in [0.5, 0.6) is 0 Å². The zero-order valence-corrected chi connectivity index (χ0v) is 24.9. The van der Waals surface area contributed by atoms with E-state index < -0.39 is 35.1 Å². The van der Waals surface area contributed by atoms with E-state index in [2.05, 4.69) is 0 Å². The number of likely N-dealkylation sites (tertiary alicyclic amines) is 1. The molecule has 1 unspecified atom stereocenters. The second-order valence-electron chi connectivity index (χ2n) is 12.6. The van der Waals surface area contributed by atoms with E-state index in [0.29, 0.717) is 13.1 Å². The number of aliphatic hydroxyl groups excluding tert-OH is 1. The lowest BCUT2D eigenvalue weighted by molar-refractivity contribution is -0.149. The molecule has 2 fully saturated rings. The molecule has 1 N–H and O–H groups in total. The summed E-state index contributed by atoms with van der Waals surface area (Å²) >= 11 is 0. The quantitative estimate of drug-likeness (QED) is 0.554. The monoisotopic (exact) mass is 569 g/mol. The normalized spacial score (nSPS) is 31.3. The molecule has 0 radical (unpaired) electrons. The first-order valence-corrected chi connectivity index (χ1v) is 14.8. The SMILES string of the molecule is Cc1ccc(C)c(N2CC=C[C@]34O[C@]5(C)C=CCN(c6ccccc6)C(=O)[C@@H]5[C@H]3C(=O)N([C@@H](CO)C(C)C)C4C2=O)c1. The number of rotatable bonds is 5. The molecule has 2 aromatic carbocycles. The van der Waals surface area contributed by atoms with Gasteiger partial charge in [0.15, 0.2) is 0 Å². The Labute approximate surface area is 247 Å². The molecular weight excluding hydrogens is 530 g/mol. The van der Waals surface area contributed by atoms with Crippen molar-refractivity contribution in [2.24, 2.45) is 17.8 Å². The smallest absolute Gasteiger partial charge is 0.253 e. The maximum Gasteiger partial charge on any atom is 0.253 e. The van der Waals surface area contributed by atoms with E-state index in [1.165, 1.54) is 0 Å². The molecule has 0 bridgehead atoms. The van der Waals surface area contributed by atoms with Crippen molar-refractivity contribution in [3.05, 3.63) is 84.0 Å². The highest BCUT2D eigenvalue weighted by Gasteiger charge is 2.75. The highest BCUT2D eigenvalue weighted by atomic mass is 16.5. The summed E-state index contributed by atoms with van der Waals surface area (Å²) in [6, 6.07) is 13.7. The third-order valence-corrected chi connectivity index (χ3v) is 9.53. The summed E-state index contributed by atoms with van der Waals surface area (Å²) < 4.78 is 6.95. The Kier molecular flexibility index (Phi) is 6.90. The maximum absolute atomic E-state index is 14.8. The number of nitrogens with zero attached hydrogens (tertiary/aromatic N) is 3. The second-order valence-corrected chi connectivity index (χ2v) is 12.6. The van der Waals surface area contributed by atoms with E-state index in [1.54, 1.807) is 14.7 Å². The summed E-state index contributed by atoms with van der Waals surface area (Å²) in [6.45, 7) is 9.98. The molecule has 0 saturated carbocycles. The summed E-state index contributed by atoms with van der Waals surface area (Å²) in [5.41, 5.74) is 0.961. The number of aliphatic hydroxyl groups is 1. The molecule has 6 atom stereocenters. The fraction of sp³-hybridized carbons (Fsp3) is 0.441. The predicted octanol–water partition coefficient (Wildman–Crippen LogP) is 3.80. The molecular formula is C34H39N3O5. The Bertz CT molecular complexity index is 1490. The summed E-state index contributed by atoms with van der Waals surface area (Å²) in [4.78, 5) is 48.9. The van der Waals surface area contributed by atoms with Crippen molar-refractivity contribution in [3.63, 3.8) is 0 Å². The Morgan fingerprint density at radius 2 is 1.60 bits per heavy atom. The number of hydrogen-bond acceptors (Lipinski definition) is 5. The van der Waals surface area contributed by atoms with Gasteiger partial charge in [0, 0.05) is 24.5 Å². The lowest BCUT2D eigenvalue weighted by atomic mass is 9.74. The van der Waals surface area contributed by atoms with Crippen LogP contribution in [0.4, 0.5) is 11.4 Å². The van der Waals surface area contributed by atoms with Crippen LogP contribution >= 0.6 is 0 Å². The average molecular weight is 570 g/mol. The molecule has 0 aliphatic carbocycles. The van der Waals surface area contributed by atoms with Crippen molar-refractivity contribution in [1.29, 1.82) is 0 Å². The van der Waals surface area contributed by atoms with Crippen LogP contribution in [0.2, 0.25) is 0 Å². The van der Waals surface area contributed by atoms with Crippen molar-refractivity contribution < 1.29 is 24.2 Å². The molecule has 42 heavy (non-hydrogen) atoms. The number of hydrogen-bond donors (Lipinski definition) is 1. The first kappa shape index (κ1) is 28.4. The highest BCUT2D eigenvalue weighted by molar-refractivity contribution is 6.08. The molecule has 4 aliphatic heterocycles. The van der Waals surface area contributed by atoms with E-state index in [1.807, 2.05) is 107 Å². The number of para-hydroxylation sites is 1. The van der Waals surface area contributed by atoms with E-state index in [4.69, 9.17) is 4.74 Å². The molecule has 0 aromatic heterocycles. The van der Waals surface area contributed by atoms with E-state index >= 15 is 0 Å². The van der Waals surface area contributed by atoms with E-state index in [0.717, 1.165) is 22.5 Å². The Morgan fingerprint density at radius 1 is 0.905 bits per heavy atom. The van der Waals surface area contributed by atoms with Gasteiger partial charge in [0.1, 0.15) is 11.6 Å². The standard InChI is InChI=1S/C34H39N3O5/c1-21(2)26(20-38)37-29-32(41)36(25-19-22(3)13-14-23(25)4)18-10-16-34(29)28(31(37)40)27-30(39)35(24-11-7-6-8-12-24)17-9-15-33(27,5)42-34/h6-16,19,21,26-29,38H,17-18,20H2,1-5H3/t26-,27-,28-,29?,33+,34-/m0/s1. The van der Waals surface area contributed by atoms with Crippen LogP contribution < -0.4 is 9.80 Å². The van der Waals surface area contributed by atoms with Gasteiger partial charge in [-0.3, -0.25) is 14.4 Å². The zero-order valence-electron chi connectivity index (χ0n) is 24.9. The number of aryl methyl sites for hydroxylation is 2. The number of benzene rings is 2. The number of fused-ring (bicyclic) bond motifs is 2. The lowest BCUT2D eigenvalue weighted by Crippen LogP contribution is -2.59. The minimum atomic E-state index is -1.39. The van der Waals surface area contributed by atoms with Crippen LogP contribution in [-0.2, 0) is 19.1 Å². The van der Waals surface area contributed by atoms with Gasteiger partial charge in [-0.15, -0.1) is 0 Å². The molecule has 2 saturated heterocycles. The maximum atomic E-state index is 14.8. The number of anilines is 2. The molecule has 8 heteroatoms. The van der Waals surface area contributed by atoms with E-state index in [9.17, 15) is 19.5 Å². The van der Waals surface area contributed by atoms with Crippen LogP contribution in [0.3, 0.4) is 0 Å². The Hall–Kier alpha value is -3.75. The van der Waals surface area contributed by atoms with Crippen LogP contribution in [0.15, 0.2) is 72.8 Å². The van der Waals surface area contributed by atoms with E-state index in [-0.39, 0.29) is 30.2 Å². The fourth-order valence-corrected chi connectivity index (χ4v) is 7.50. The molecule has 1 spiro atoms. The number of carbonyl (C=O) groups excluding carboxylic acids is 3. The number of amides is 3. The van der Waals surface area contributed by atoms with Gasteiger partial charge in [-0.1, -0.05) is 68.5 Å². The predicted molar refractivity (Wildman–Crippen MR) is 161 cm³/mol. The first-order chi connectivity index (χ1) is 20.0. The van der Waals surface area contributed by atoms with Crippen molar-refractivity contribution in [2.75, 3.05) is 29.5 Å². The molecule has 8 nitrogen and oxygen atoms in total. The summed E-state index contributed by atoms with van der Waals surface area (Å²) in [7, 11) is 0. The van der Waals surface area contributed by atoms with Gasteiger partial charge < -0.3 is 24.5 Å². The van der Waals surface area contributed by atoms with Gasteiger partial charge in [0.05, 0.1) is 30.1 Å².